The van der Waals surface area contributed by atoms with Crippen LogP contribution in [0.25, 0.3) is 12.2 Å². The number of aromatic carboxylic acids is 3. The molecule has 1 fully saturated rings. The van der Waals surface area contributed by atoms with E-state index in [9.17, 15) is 28.8 Å². The molecule has 0 saturated heterocycles. The first kappa shape index (κ1) is 43.1. The summed E-state index contributed by atoms with van der Waals surface area (Å²) in [6.45, 7) is 3.94. The van der Waals surface area contributed by atoms with Gasteiger partial charge in [0.25, 0.3) is 6.47 Å². The molecular weight excluding hydrogens is 761 g/mol. The number of allylic oxidation sites excluding steroid dienone is 1. The summed E-state index contributed by atoms with van der Waals surface area (Å²) in [5.41, 5.74) is 5.79. The SMILES string of the molecule is C=Cc1ccc(C(=O)O)cc1.O=C(O)c1ccc(/C=C/C(=O)c2ccccc2)cc1.O=COc1ccc([C@@H]2C(C(=O)c3ccccc3)C[C@H]2c2ccc(C(=O)O)cc2)cc1. The van der Waals surface area contributed by atoms with Gasteiger partial charge in [-0.2, -0.15) is 0 Å². The minimum absolute atomic E-state index is 0.0429. The first-order valence-corrected chi connectivity index (χ1v) is 18.7. The third-order valence-corrected chi connectivity index (χ3v) is 9.84. The van der Waals surface area contributed by atoms with Crippen LogP contribution in [0.1, 0.15) is 92.3 Å². The van der Waals surface area contributed by atoms with Gasteiger partial charge in [-0.3, -0.25) is 14.4 Å². The number of carboxylic acid groups (broad SMARTS) is 3. The van der Waals surface area contributed by atoms with Crippen molar-refractivity contribution in [2.24, 2.45) is 5.92 Å². The lowest BCUT2D eigenvalue weighted by molar-refractivity contribution is -0.120. The van der Waals surface area contributed by atoms with Crippen molar-refractivity contribution in [1.82, 2.24) is 0 Å². The van der Waals surface area contributed by atoms with Crippen LogP contribution in [0.4, 0.5) is 0 Å². The number of carbonyl (C=O) groups excluding carboxylic acids is 3. The molecule has 10 nitrogen and oxygen atoms in total. The molecule has 1 aliphatic carbocycles. The van der Waals surface area contributed by atoms with Gasteiger partial charge in [-0.1, -0.05) is 128 Å². The molecule has 1 aliphatic rings. The molecule has 1 unspecified atom stereocenters. The van der Waals surface area contributed by atoms with Gasteiger partial charge in [0, 0.05) is 23.0 Å². The Balaban J connectivity index is 0.000000193. The number of Topliss-reactive ketones (excluding diaryl/α,β-unsaturated/α-hetero) is 1. The summed E-state index contributed by atoms with van der Waals surface area (Å²) in [5, 5.41) is 26.4. The summed E-state index contributed by atoms with van der Waals surface area (Å²) in [5.74, 6) is -2.47. The zero-order chi connectivity index (χ0) is 43.0. The lowest BCUT2D eigenvalue weighted by Gasteiger charge is -2.45. The maximum Gasteiger partial charge on any atom is 0.335 e. The van der Waals surface area contributed by atoms with Crippen LogP contribution < -0.4 is 4.74 Å². The second kappa shape index (κ2) is 21.0. The molecule has 3 N–H and O–H groups in total. The van der Waals surface area contributed by atoms with Crippen molar-refractivity contribution < 1.29 is 48.8 Å². The molecule has 0 heterocycles. The van der Waals surface area contributed by atoms with Gasteiger partial charge in [-0.15, -0.1) is 0 Å². The van der Waals surface area contributed by atoms with Gasteiger partial charge in [-0.25, -0.2) is 14.4 Å². The number of carbonyl (C=O) groups is 6. The monoisotopic (exact) mass is 800 g/mol. The highest BCUT2D eigenvalue weighted by Crippen LogP contribution is 2.54. The van der Waals surface area contributed by atoms with E-state index < -0.39 is 17.9 Å². The second-order valence-electron chi connectivity index (χ2n) is 13.5. The molecule has 0 aliphatic heterocycles. The van der Waals surface area contributed by atoms with Crippen LogP contribution in [0.2, 0.25) is 0 Å². The van der Waals surface area contributed by atoms with Gasteiger partial charge in [0.1, 0.15) is 5.75 Å². The normalized spacial score (nSPS) is 15.0. The van der Waals surface area contributed by atoms with E-state index in [1.165, 1.54) is 18.2 Å². The van der Waals surface area contributed by atoms with Gasteiger partial charge < -0.3 is 20.1 Å². The molecule has 1 saturated carbocycles. The number of hydrogen-bond donors (Lipinski definition) is 3. The smallest absolute Gasteiger partial charge is 0.335 e. The van der Waals surface area contributed by atoms with Crippen molar-refractivity contribution in [3.05, 3.63) is 220 Å². The Bertz CT molecular complexity index is 2450. The van der Waals surface area contributed by atoms with Crippen molar-refractivity contribution in [3.8, 4) is 5.75 Å². The van der Waals surface area contributed by atoms with Gasteiger partial charge >= 0.3 is 17.9 Å². The Labute approximate surface area is 346 Å². The van der Waals surface area contributed by atoms with Gasteiger partial charge in [-0.05, 0) is 89.2 Å². The van der Waals surface area contributed by atoms with E-state index in [0.29, 0.717) is 35.3 Å². The van der Waals surface area contributed by atoms with Crippen molar-refractivity contribution in [2.45, 2.75) is 18.3 Å². The topological polar surface area (TPSA) is 172 Å². The number of ketones is 2. The first-order chi connectivity index (χ1) is 29.0. The van der Waals surface area contributed by atoms with E-state index in [1.807, 2.05) is 72.8 Å². The largest absolute Gasteiger partial charge is 0.478 e. The van der Waals surface area contributed by atoms with E-state index in [1.54, 1.807) is 84.9 Å². The average Bonchev–Trinajstić information content (AvgIpc) is 3.27. The van der Waals surface area contributed by atoms with Crippen LogP contribution in [-0.2, 0) is 4.79 Å². The van der Waals surface area contributed by atoms with Crippen LogP contribution in [0.3, 0.4) is 0 Å². The highest BCUT2D eigenvalue weighted by atomic mass is 16.5. The Morgan fingerprint density at radius 1 is 0.533 bits per heavy atom. The number of benzene rings is 6. The third kappa shape index (κ3) is 11.5. The predicted molar refractivity (Wildman–Crippen MR) is 228 cm³/mol. The molecule has 7 rings (SSSR count). The maximum absolute atomic E-state index is 13.2. The third-order valence-electron chi connectivity index (χ3n) is 9.84. The molecule has 10 heteroatoms. The molecule has 6 aromatic carbocycles. The maximum atomic E-state index is 13.2. The summed E-state index contributed by atoms with van der Waals surface area (Å²) in [6.07, 6.45) is 5.51. The fraction of sp³-hybridized carbons (Fsp3) is 0.0800. The Kier molecular flexibility index (Phi) is 15.1. The lowest BCUT2D eigenvalue weighted by Crippen LogP contribution is -2.38. The molecule has 0 spiro atoms. The van der Waals surface area contributed by atoms with Crippen LogP contribution in [0.5, 0.6) is 5.75 Å². The molecule has 3 atom stereocenters. The summed E-state index contributed by atoms with van der Waals surface area (Å²) < 4.78 is 4.88. The van der Waals surface area contributed by atoms with E-state index in [2.05, 4.69) is 6.58 Å². The van der Waals surface area contributed by atoms with E-state index in [-0.39, 0.29) is 40.4 Å². The highest BCUT2D eigenvalue weighted by molar-refractivity contribution is 6.06. The Morgan fingerprint density at radius 2 is 0.983 bits per heavy atom. The standard InChI is InChI=1S/C25H20O5.C16H12O3.C9H8O2/c26-15-30-20-12-10-17(11-13-20)23-21(16-6-8-19(9-7-16)25(28)29)14-22(23)24(27)18-4-2-1-3-5-18;17-15(13-4-2-1-3-5-13)11-8-12-6-9-14(10-7-12)16(18)19;1-2-7-3-5-8(6-4-7)9(10)11/h1-13,15,21-23H,14H2,(H,28,29);1-11H,(H,18,19);2-6H,1H2,(H,10,11)/b;11-8+;/t21-,22?,23-;;/m0../s1. The molecule has 6 aromatic rings. The van der Waals surface area contributed by atoms with Crippen LogP contribution in [0, 0.1) is 5.92 Å². The lowest BCUT2D eigenvalue weighted by atomic mass is 9.57. The van der Waals surface area contributed by atoms with Crippen LogP contribution >= 0.6 is 0 Å². The van der Waals surface area contributed by atoms with Gasteiger partial charge in [0.15, 0.2) is 11.6 Å². The van der Waals surface area contributed by atoms with Crippen molar-refractivity contribution in [2.75, 3.05) is 0 Å². The average molecular weight is 801 g/mol. The van der Waals surface area contributed by atoms with Gasteiger partial charge in [0.2, 0.25) is 0 Å². The predicted octanol–water partition coefficient (Wildman–Crippen LogP) is 10.00. The molecule has 0 radical (unpaired) electrons. The van der Waals surface area contributed by atoms with E-state index in [4.69, 9.17) is 20.1 Å². The fourth-order valence-electron chi connectivity index (χ4n) is 6.61. The molecule has 0 aromatic heterocycles. The number of hydrogen-bond acceptors (Lipinski definition) is 7. The molecular formula is C50H40O10. The molecule has 300 valence electrons. The second-order valence-corrected chi connectivity index (χ2v) is 13.5. The minimum Gasteiger partial charge on any atom is -0.478 e. The van der Waals surface area contributed by atoms with E-state index in [0.717, 1.165) is 22.3 Å². The summed E-state index contributed by atoms with van der Waals surface area (Å²) in [6, 6.07) is 45.2. The zero-order valence-electron chi connectivity index (χ0n) is 32.2. The zero-order valence-corrected chi connectivity index (χ0v) is 32.2. The van der Waals surface area contributed by atoms with Gasteiger partial charge in [0.05, 0.1) is 16.7 Å². The Hall–Kier alpha value is -7.98. The van der Waals surface area contributed by atoms with E-state index >= 15 is 0 Å². The number of ether oxygens (including phenoxy) is 1. The van der Waals surface area contributed by atoms with Crippen LogP contribution in [0.15, 0.2) is 170 Å². The summed E-state index contributed by atoms with van der Waals surface area (Å²) in [7, 11) is 0. The first-order valence-electron chi connectivity index (χ1n) is 18.7. The molecule has 0 bridgehead atoms. The Morgan fingerprint density at radius 3 is 1.45 bits per heavy atom. The quantitative estimate of drug-likeness (QED) is 0.0580. The van der Waals surface area contributed by atoms with Crippen molar-refractivity contribution >= 4 is 48.1 Å². The molecule has 60 heavy (non-hydrogen) atoms. The highest BCUT2D eigenvalue weighted by Gasteiger charge is 2.46. The molecule has 0 amide bonds. The van der Waals surface area contributed by atoms with Crippen molar-refractivity contribution in [3.63, 3.8) is 0 Å². The summed E-state index contributed by atoms with van der Waals surface area (Å²) >= 11 is 0. The number of carboxylic acids is 3. The summed E-state index contributed by atoms with van der Waals surface area (Å²) in [4.78, 5) is 67.7. The minimum atomic E-state index is -0.963. The fourth-order valence-corrected chi connectivity index (χ4v) is 6.61. The van der Waals surface area contributed by atoms with Crippen LogP contribution in [-0.4, -0.2) is 51.3 Å². The number of rotatable bonds is 13. The van der Waals surface area contributed by atoms with Crippen molar-refractivity contribution in [1.29, 1.82) is 0 Å².